The van der Waals surface area contributed by atoms with Crippen LogP contribution in [0.5, 0.6) is 0 Å². The van der Waals surface area contributed by atoms with Crippen LogP contribution in [0.1, 0.15) is 33.1 Å². The van der Waals surface area contributed by atoms with Crippen molar-refractivity contribution in [1.82, 2.24) is 15.5 Å². The van der Waals surface area contributed by atoms with E-state index in [1.165, 1.54) is 0 Å². The van der Waals surface area contributed by atoms with Gasteiger partial charge in [0.1, 0.15) is 0 Å². The van der Waals surface area contributed by atoms with Gasteiger partial charge in [0.2, 0.25) is 5.91 Å². The van der Waals surface area contributed by atoms with E-state index in [2.05, 4.69) is 16.7 Å². The minimum atomic E-state index is -0.486. The van der Waals surface area contributed by atoms with Gasteiger partial charge in [0.05, 0.1) is 18.2 Å². The molecule has 0 radical (unpaired) electrons. The lowest BCUT2D eigenvalue weighted by Crippen LogP contribution is -2.53. The zero-order chi connectivity index (χ0) is 13.5. The quantitative estimate of drug-likeness (QED) is 0.770. The Kier molecular flexibility index (Phi) is 5.59. The fraction of sp³-hybridized carbons (Fsp3) is 0.750. The van der Waals surface area contributed by atoms with E-state index in [1.54, 1.807) is 13.8 Å². The first-order valence-electron chi connectivity index (χ1n) is 6.34. The van der Waals surface area contributed by atoms with Crippen LogP contribution in [-0.2, 0) is 4.79 Å². The van der Waals surface area contributed by atoms with Crippen LogP contribution in [0.25, 0.3) is 0 Å². The highest BCUT2D eigenvalue weighted by Crippen LogP contribution is 2.18. The molecule has 1 fully saturated rings. The molecular weight excluding hydrogens is 232 g/mol. The van der Waals surface area contributed by atoms with Crippen molar-refractivity contribution in [2.24, 2.45) is 0 Å². The molecule has 6 nitrogen and oxygen atoms in total. The summed E-state index contributed by atoms with van der Waals surface area (Å²) >= 11 is 0. The number of amides is 3. The summed E-state index contributed by atoms with van der Waals surface area (Å²) in [5.74, 6) is -0.358. The van der Waals surface area contributed by atoms with Crippen LogP contribution in [0, 0.1) is 11.3 Å². The number of hydrogen-bond donors (Lipinski definition) is 2. The Balaban J connectivity index is 2.56. The molecule has 1 aliphatic heterocycles. The first-order valence-corrected chi connectivity index (χ1v) is 6.34. The number of imide groups is 1. The zero-order valence-electron chi connectivity index (χ0n) is 10.9. The molecule has 2 N–H and O–H groups in total. The number of nitrogens with one attached hydrogen (secondary N) is 2. The molecule has 0 aromatic rings. The number of likely N-dealkylation sites (tertiary alicyclic amines) is 1. The second-order valence-corrected chi connectivity index (χ2v) is 4.40. The van der Waals surface area contributed by atoms with E-state index < -0.39 is 12.1 Å². The Morgan fingerprint density at radius 1 is 1.50 bits per heavy atom. The second-order valence-electron chi connectivity index (χ2n) is 4.40. The van der Waals surface area contributed by atoms with E-state index in [1.807, 2.05) is 4.90 Å². The summed E-state index contributed by atoms with van der Waals surface area (Å²) in [6.45, 7) is 4.70. The molecule has 1 heterocycles. The third kappa shape index (κ3) is 3.70. The molecule has 1 rings (SSSR count). The molecule has 0 aromatic carbocycles. The highest BCUT2D eigenvalue weighted by atomic mass is 16.2. The number of carbonyl (C=O) groups excluding carboxylic acids is 2. The molecule has 1 saturated heterocycles. The van der Waals surface area contributed by atoms with E-state index in [0.717, 1.165) is 25.8 Å². The van der Waals surface area contributed by atoms with Gasteiger partial charge in [0, 0.05) is 13.1 Å². The predicted molar refractivity (Wildman–Crippen MR) is 66.6 cm³/mol. The van der Waals surface area contributed by atoms with Crippen LogP contribution in [-0.4, -0.2) is 42.0 Å². The van der Waals surface area contributed by atoms with Crippen molar-refractivity contribution in [2.75, 3.05) is 13.1 Å². The highest BCUT2D eigenvalue weighted by Gasteiger charge is 2.30. The molecule has 6 heteroatoms. The minimum absolute atomic E-state index is 0.228. The van der Waals surface area contributed by atoms with Crippen molar-refractivity contribution in [1.29, 1.82) is 5.26 Å². The molecule has 3 amide bonds. The SMILES string of the molecule is CCNC(=O)NC(=O)C(C)N1CCCCC1C#N. The van der Waals surface area contributed by atoms with Crippen LogP contribution < -0.4 is 10.6 Å². The summed E-state index contributed by atoms with van der Waals surface area (Å²) < 4.78 is 0. The highest BCUT2D eigenvalue weighted by molar-refractivity contribution is 5.96. The van der Waals surface area contributed by atoms with E-state index in [9.17, 15) is 9.59 Å². The predicted octanol–water partition coefficient (Wildman–Crippen LogP) is 0.599. The zero-order valence-corrected chi connectivity index (χ0v) is 10.9. The summed E-state index contributed by atoms with van der Waals surface area (Å²) in [7, 11) is 0. The summed E-state index contributed by atoms with van der Waals surface area (Å²) in [6, 6.07) is 1.04. The molecule has 18 heavy (non-hydrogen) atoms. The van der Waals surface area contributed by atoms with Crippen molar-refractivity contribution in [3.8, 4) is 6.07 Å². The Bertz CT molecular complexity index is 350. The third-order valence-electron chi connectivity index (χ3n) is 3.14. The minimum Gasteiger partial charge on any atom is -0.338 e. The summed E-state index contributed by atoms with van der Waals surface area (Å²) in [5, 5.41) is 13.8. The molecule has 0 aromatic heterocycles. The van der Waals surface area contributed by atoms with Gasteiger partial charge >= 0.3 is 6.03 Å². The molecule has 2 unspecified atom stereocenters. The van der Waals surface area contributed by atoms with Gasteiger partial charge in [-0.1, -0.05) is 0 Å². The topological polar surface area (TPSA) is 85.2 Å². The van der Waals surface area contributed by atoms with Crippen molar-refractivity contribution in [2.45, 2.75) is 45.2 Å². The normalized spacial score (nSPS) is 21.7. The van der Waals surface area contributed by atoms with Crippen molar-refractivity contribution in [3.63, 3.8) is 0 Å². The van der Waals surface area contributed by atoms with Gasteiger partial charge in [0.25, 0.3) is 0 Å². The number of nitrogens with zero attached hydrogens (tertiary/aromatic N) is 2. The largest absolute Gasteiger partial charge is 0.338 e. The Labute approximate surface area is 107 Å². The van der Waals surface area contributed by atoms with Crippen molar-refractivity contribution in [3.05, 3.63) is 0 Å². The van der Waals surface area contributed by atoms with Crippen molar-refractivity contribution < 1.29 is 9.59 Å². The van der Waals surface area contributed by atoms with Crippen LogP contribution in [0.15, 0.2) is 0 Å². The van der Waals surface area contributed by atoms with Gasteiger partial charge in [0.15, 0.2) is 0 Å². The van der Waals surface area contributed by atoms with Gasteiger partial charge in [-0.3, -0.25) is 15.0 Å². The molecule has 0 aliphatic carbocycles. The molecule has 100 valence electrons. The molecule has 0 bridgehead atoms. The van der Waals surface area contributed by atoms with E-state index in [-0.39, 0.29) is 11.9 Å². The molecule has 0 saturated carbocycles. The van der Waals surface area contributed by atoms with Crippen LogP contribution in [0.3, 0.4) is 0 Å². The maximum absolute atomic E-state index is 11.9. The Morgan fingerprint density at radius 3 is 2.83 bits per heavy atom. The number of urea groups is 1. The number of hydrogen-bond acceptors (Lipinski definition) is 4. The maximum atomic E-state index is 11.9. The lowest BCUT2D eigenvalue weighted by atomic mass is 10.0. The number of nitriles is 1. The molecule has 2 atom stereocenters. The summed E-state index contributed by atoms with van der Waals surface area (Å²) in [6.07, 6.45) is 2.78. The first kappa shape index (κ1) is 14.5. The lowest BCUT2D eigenvalue weighted by molar-refractivity contribution is -0.125. The average molecular weight is 252 g/mol. The fourth-order valence-corrected chi connectivity index (χ4v) is 2.13. The van der Waals surface area contributed by atoms with Crippen LogP contribution >= 0.6 is 0 Å². The maximum Gasteiger partial charge on any atom is 0.321 e. The Morgan fingerprint density at radius 2 is 2.22 bits per heavy atom. The number of piperidine rings is 1. The lowest BCUT2D eigenvalue weighted by Gasteiger charge is -2.35. The van der Waals surface area contributed by atoms with Gasteiger partial charge in [-0.25, -0.2) is 4.79 Å². The monoisotopic (exact) mass is 252 g/mol. The van der Waals surface area contributed by atoms with Crippen LogP contribution in [0.4, 0.5) is 4.79 Å². The average Bonchev–Trinajstić information content (AvgIpc) is 2.38. The van der Waals surface area contributed by atoms with Gasteiger partial charge < -0.3 is 5.32 Å². The van der Waals surface area contributed by atoms with Gasteiger partial charge in [-0.15, -0.1) is 0 Å². The molecular formula is C12H20N4O2. The molecule has 0 spiro atoms. The number of carbonyl (C=O) groups is 2. The smallest absolute Gasteiger partial charge is 0.321 e. The number of rotatable bonds is 3. The Hall–Kier alpha value is -1.61. The van der Waals surface area contributed by atoms with E-state index >= 15 is 0 Å². The second kappa shape index (κ2) is 6.97. The van der Waals surface area contributed by atoms with E-state index in [0.29, 0.717) is 6.54 Å². The van der Waals surface area contributed by atoms with Gasteiger partial charge in [-0.05, 0) is 33.1 Å². The van der Waals surface area contributed by atoms with Gasteiger partial charge in [-0.2, -0.15) is 5.26 Å². The first-order chi connectivity index (χ1) is 8.60. The molecule has 1 aliphatic rings. The van der Waals surface area contributed by atoms with E-state index in [4.69, 9.17) is 5.26 Å². The standard InChI is InChI=1S/C12H20N4O2/c1-3-14-12(18)15-11(17)9(2)16-7-5-4-6-10(16)8-13/h9-10H,3-7H2,1-2H3,(H2,14,15,17,18). The van der Waals surface area contributed by atoms with Crippen LogP contribution in [0.2, 0.25) is 0 Å². The third-order valence-corrected chi connectivity index (χ3v) is 3.14. The van der Waals surface area contributed by atoms with Crippen molar-refractivity contribution >= 4 is 11.9 Å². The fourth-order valence-electron chi connectivity index (χ4n) is 2.13. The summed E-state index contributed by atoms with van der Waals surface area (Å²) in [5.41, 5.74) is 0. The summed E-state index contributed by atoms with van der Waals surface area (Å²) in [4.78, 5) is 25.0.